The monoisotopic (exact) mass is 225 g/mol. The molecule has 0 spiro atoms. The summed E-state index contributed by atoms with van der Waals surface area (Å²) >= 11 is -1.92. The quantitative estimate of drug-likeness (QED) is 0.347. The Balaban J connectivity index is 3.44. The first kappa shape index (κ1) is 14.0. The third-order valence-electron chi connectivity index (χ3n) is 1.55. The maximum Gasteiger partial charge on any atom is 0.231 e. The predicted molar refractivity (Wildman–Crippen MR) is 55.0 cm³/mol. The Morgan fingerprint density at radius 1 is 1.36 bits per heavy atom. The van der Waals surface area contributed by atoms with Crippen molar-refractivity contribution in [2.75, 3.05) is 19.8 Å². The molecule has 0 fully saturated rings. The average Bonchev–Trinajstić information content (AvgIpc) is 2.12. The summed E-state index contributed by atoms with van der Waals surface area (Å²) in [6.07, 6.45) is 1.28. The number of hydrogen-bond donors (Lipinski definition) is 2. The lowest BCUT2D eigenvalue weighted by molar-refractivity contribution is -0.139. The summed E-state index contributed by atoms with van der Waals surface area (Å²) in [5, 5.41) is 0. The van der Waals surface area contributed by atoms with Crippen molar-refractivity contribution in [3.8, 4) is 0 Å². The second-order valence-corrected chi connectivity index (χ2v) is 3.41. The number of ether oxygens (including phenoxy) is 2. The summed E-state index contributed by atoms with van der Waals surface area (Å²) < 4.78 is 31.7. The molecule has 0 aromatic carbocycles. The van der Waals surface area contributed by atoms with E-state index in [9.17, 15) is 4.21 Å². The van der Waals surface area contributed by atoms with Gasteiger partial charge in [-0.2, -0.15) is 0 Å². The molecule has 0 aliphatic rings. The van der Waals surface area contributed by atoms with Crippen LogP contribution >= 0.6 is 0 Å². The fourth-order valence-corrected chi connectivity index (χ4v) is 1.33. The van der Waals surface area contributed by atoms with Gasteiger partial charge in [-0.05, 0) is 26.7 Å². The minimum Gasteiger partial charge on any atom is -0.353 e. The molecular formula is C8H19NO4S. The van der Waals surface area contributed by atoms with Crippen LogP contribution in [0.15, 0.2) is 0 Å². The van der Waals surface area contributed by atoms with Crippen molar-refractivity contribution in [3.63, 3.8) is 0 Å². The average molecular weight is 225 g/mol. The third kappa shape index (κ3) is 8.58. The summed E-state index contributed by atoms with van der Waals surface area (Å²) in [4.78, 5) is 0. The van der Waals surface area contributed by atoms with Crippen LogP contribution in [0, 0.1) is 0 Å². The molecule has 0 bridgehead atoms. The van der Waals surface area contributed by atoms with Gasteiger partial charge in [-0.3, -0.25) is 4.55 Å². The van der Waals surface area contributed by atoms with Gasteiger partial charge in [0.2, 0.25) is 11.3 Å². The molecule has 0 aromatic rings. The Hall–Kier alpha value is -0.0100. The molecular weight excluding hydrogens is 206 g/mol. The molecule has 1 unspecified atom stereocenters. The summed E-state index contributed by atoms with van der Waals surface area (Å²) in [6.45, 7) is 5.54. The standard InChI is InChI=1S/C8H19NO4S/c1-3-12-8(13-4-2)6-5-7-9-14(10)11/h8-9H,3-7H2,1-2H3,(H,10,11). The lowest BCUT2D eigenvalue weighted by Gasteiger charge is -2.16. The van der Waals surface area contributed by atoms with Gasteiger partial charge in [0.1, 0.15) is 0 Å². The highest BCUT2D eigenvalue weighted by Crippen LogP contribution is 2.03. The Labute approximate surface area is 87.6 Å². The highest BCUT2D eigenvalue weighted by molar-refractivity contribution is 7.77. The zero-order valence-corrected chi connectivity index (χ0v) is 9.51. The van der Waals surface area contributed by atoms with E-state index < -0.39 is 11.3 Å². The van der Waals surface area contributed by atoms with E-state index in [0.717, 1.165) is 12.8 Å². The summed E-state index contributed by atoms with van der Waals surface area (Å²) in [5.41, 5.74) is 0. The Kier molecular flexibility index (Phi) is 9.53. The van der Waals surface area contributed by atoms with Gasteiger partial charge >= 0.3 is 0 Å². The lowest BCUT2D eigenvalue weighted by Crippen LogP contribution is -2.22. The van der Waals surface area contributed by atoms with E-state index in [2.05, 4.69) is 4.72 Å². The molecule has 0 aliphatic carbocycles. The molecule has 6 heteroatoms. The molecule has 5 nitrogen and oxygen atoms in total. The minimum absolute atomic E-state index is 0.195. The summed E-state index contributed by atoms with van der Waals surface area (Å²) in [6, 6.07) is 0. The van der Waals surface area contributed by atoms with E-state index in [1.807, 2.05) is 13.8 Å². The van der Waals surface area contributed by atoms with Crippen molar-refractivity contribution in [2.24, 2.45) is 0 Å². The Morgan fingerprint density at radius 2 is 1.93 bits per heavy atom. The van der Waals surface area contributed by atoms with E-state index in [4.69, 9.17) is 14.0 Å². The highest BCUT2D eigenvalue weighted by atomic mass is 32.2. The van der Waals surface area contributed by atoms with Crippen molar-refractivity contribution in [1.82, 2.24) is 4.72 Å². The fraction of sp³-hybridized carbons (Fsp3) is 1.00. The van der Waals surface area contributed by atoms with E-state index >= 15 is 0 Å². The molecule has 0 saturated carbocycles. The van der Waals surface area contributed by atoms with Crippen molar-refractivity contribution in [1.29, 1.82) is 0 Å². The lowest BCUT2D eigenvalue weighted by atomic mass is 10.3. The summed E-state index contributed by atoms with van der Waals surface area (Å²) in [5.74, 6) is 0. The molecule has 0 amide bonds. The van der Waals surface area contributed by atoms with E-state index in [-0.39, 0.29) is 6.29 Å². The number of rotatable bonds is 9. The van der Waals surface area contributed by atoms with Crippen molar-refractivity contribution >= 4 is 11.3 Å². The zero-order valence-electron chi connectivity index (χ0n) is 8.69. The van der Waals surface area contributed by atoms with E-state index in [1.54, 1.807) is 0 Å². The molecule has 0 aliphatic heterocycles. The van der Waals surface area contributed by atoms with Crippen molar-refractivity contribution in [2.45, 2.75) is 33.0 Å². The van der Waals surface area contributed by atoms with Crippen LogP contribution in [0.3, 0.4) is 0 Å². The van der Waals surface area contributed by atoms with E-state index in [0.29, 0.717) is 19.8 Å². The van der Waals surface area contributed by atoms with Crippen molar-refractivity contribution in [3.05, 3.63) is 0 Å². The Bertz CT molecular complexity index is 150. The Morgan fingerprint density at radius 3 is 2.36 bits per heavy atom. The fourth-order valence-electron chi connectivity index (χ4n) is 1.01. The molecule has 1 atom stereocenters. The van der Waals surface area contributed by atoms with Gasteiger partial charge < -0.3 is 9.47 Å². The van der Waals surface area contributed by atoms with Gasteiger partial charge in [-0.1, -0.05) is 0 Å². The molecule has 86 valence electrons. The predicted octanol–water partition coefficient (Wildman–Crippen LogP) is 0.892. The first-order valence-electron chi connectivity index (χ1n) is 4.78. The minimum atomic E-state index is -1.92. The molecule has 14 heavy (non-hydrogen) atoms. The second-order valence-electron chi connectivity index (χ2n) is 2.63. The molecule has 0 saturated heterocycles. The van der Waals surface area contributed by atoms with Crippen LogP contribution in [-0.4, -0.2) is 34.8 Å². The molecule has 2 N–H and O–H groups in total. The maximum absolute atomic E-state index is 10.2. The molecule has 0 heterocycles. The van der Waals surface area contributed by atoms with Gasteiger partial charge in [0.25, 0.3) is 0 Å². The second kappa shape index (κ2) is 9.54. The first-order valence-corrected chi connectivity index (χ1v) is 5.88. The number of hydrogen-bond acceptors (Lipinski definition) is 3. The molecule has 0 rings (SSSR count). The van der Waals surface area contributed by atoms with Gasteiger partial charge in [-0.15, -0.1) is 0 Å². The SMILES string of the molecule is CCOC(CCCNS(=O)O)OCC. The van der Waals surface area contributed by atoms with Crippen LogP contribution in [0.25, 0.3) is 0 Å². The highest BCUT2D eigenvalue weighted by Gasteiger charge is 2.06. The molecule has 0 aromatic heterocycles. The third-order valence-corrected chi connectivity index (χ3v) is 2.00. The van der Waals surface area contributed by atoms with Gasteiger partial charge in [0, 0.05) is 19.8 Å². The van der Waals surface area contributed by atoms with Crippen LogP contribution in [-0.2, 0) is 20.7 Å². The van der Waals surface area contributed by atoms with Gasteiger partial charge in [0.05, 0.1) is 0 Å². The summed E-state index contributed by atoms with van der Waals surface area (Å²) in [7, 11) is 0. The van der Waals surface area contributed by atoms with Crippen LogP contribution in [0.2, 0.25) is 0 Å². The topological polar surface area (TPSA) is 67.8 Å². The van der Waals surface area contributed by atoms with Crippen LogP contribution in [0.5, 0.6) is 0 Å². The van der Waals surface area contributed by atoms with E-state index in [1.165, 1.54) is 0 Å². The zero-order chi connectivity index (χ0) is 10.8. The van der Waals surface area contributed by atoms with Gasteiger partial charge in [0.15, 0.2) is 6.29 Å². The van der Waals surface area contributed by atoms with Crippen LogP contribution in [0.4, 0.5) is 0 Å². The maximum atomic E-state index is 10.2. The number of nitrogens with one attached hydrogen (secondary N) is 1. The van der Waals surface area contributed by atoms with Gasteiger partial charge in [-0.25, -0.2) is 8.93 Å². The van der Waals surface area contributed by atoms with Crippen LogP contribution < -0.4 is 4.72 Å². The largest absolute Gasteiger partial charge is 0.353 e. The molecule has 0 radical (unpaired) electrons. The smallest absolute Gasteiger partial charge is 0.231 e. The van der Waals surface area contributed by atoms with Crippen LogP contribution in [0.1, 0.15) is 26.7 Å². The first-order chi connectivity index (χ1) is 6.70. The normalized spacial score (nSPS) is 13.4. The van der Waals surface area contributed by atoms with Crippen molar-refractivity contribution < 1.29 is 18.2 Å².